The van der Waals surface area contributed by atoms with E-state index >= 15 is 0 Å². The molecule has 1 aromatic carbocycles. The van der Waals surface area contributed by atoms with Gasteiger partial charge in [-0.05, 0) is 23.8 Å². The first-order valence-corrected chi connectivity index (χ1v) is 5.23. The van der Waals surface area contributed by atoms with Gasteiger partial charge in [0.15, 0.2) is 0 Å². The second kappa shape index (κ2) is 4.55. The Labute approximate surface area is 96.0 Å². The van der Waals surface area contributed by atoms with E-state index in [-0.39, 0.29) is 0 Å². The summed E-state index contributed by atoms with van der Waals surface area (Å²) in [6, 6.07) is 6.02. The molecular weight excluding hydrogens is 258 g/mol. The van der Waals surface area contributed by atoms with E-state index in [4.69, 9.17) is 4.74 Å². The molecule has 15 heavy (non-hydrogen) atoms. The van der Waals surface area contributed by atoms with Crippen molar-refractivity contribution in [1.82, 2.24) is 14.8 Å². The summed E-state index contributed by atoms with van der Waals surface area (Å²) in [6.45, 7) is 0.580. The Bertz CT molecular complexity index is 442. The number of hydrogen-bond donors (Lipinski definition) is 0. The molecule has 0 saturated heterocycles. The summed E-state index contributed by atoms with van der Waals surface area (Å²) < 4.78 is 8.01. The van der Waals surface area contributed by atoms with Crippen molar-refractivity contribution in [1.29, 1.82) is 0 Å². The van der Waals surface area contributed by atoms with Gasteiger partial charge in [-0.25, -0.2) is 0 Å². The van der Waals surface area contributed by atoms with Crippen LogP contribution in [0.1, 0.15) is 5.56 Å². The molecule has 0 bridgehead atoms. The molecule has 0 saturated carbocycles. The van der Waals surface area contributed by atoms with Gasteiger partial charge in [-0.1, -0.05) is 15.9 Å². The summed E-state index contributed by atoms with van der Waals surface area (Å²) in [4.78, 5) is 0. The van der Waals surface area contributed by atoms with Gasteiger partial charge in [0.1, 0.15) is 12.7 Å². The lowest BCUT2D eigenvalue weighted by Crippen LogP contribution is -1.94. The Morgan fingerprint density at radius 2 is 2.07 bits per heavy atom. The van der Waals surface area contributed by atoms with Gasteiger partial charge in [-0.2, -0.15) is 0 Å². The van der Waals surface area contributed by atoms with Crippen molar-refractivity contribution in [2.24, 2.45) is 0 Å². The molecule has 2 rings (SSSR count). The largest absolute Gasteiger partial charge is 0.380 e. The minimum atomic E-state index is 0.580. The van der Waals surface area contributed by atoms with E-state index in [1.54, 1.807) is 19.8 Å². The molecule has 0 radical (unpaired) electrons. The van der Waals surface area contributed by atoms with Crippen molar-refractivity contribution in [3.05, 3.63) is 40.9 Å². The standard InChI is InChI=1S/C10H10BrN3O/c1-15-5-8-4-9(2-3-10(8)11)14-6-12-13-7-14/h2-4,6-7H,5H2,1H3. The van der Waals surface area contributed by atoms with Crippen molar-refractivity contribution in [2.75, 3.05) is 7.11 Å². The topological polar surface area (TPSA) is 39.9 Å². The molecule has 0 aliphatic rings. The van der Waals surface area contributed by atoms with Gasteiger partial charge in [0.05, 0.1) is 6.61 Å². The molecule has 0 amide bonds. The van der Waals surface area contributed by atoms with Crippen LogP contribution in [0, 0.1) is 0 Å². The Kier molecular flexibility index (Phi) is 3.13. The summed E-state index contributed by atoms with van der Waals surface area (Å²) in [5.74, 6) is 0. The summed E-state index contributed by atoms with van der Waals surface area (Å²) in [5, 5.41) is 7.53. The van der Waals surface area contributed by atoms with Crippen molar-refractivity contribution >= 4 is 15.9 Å². The van der Waals surface area contributed by atoms with Gasteiger partial charge in [-0.3, -0.25) is 4.57 Å². The summed E-state index contributed by atoms with van der Waals surface area (Å²) in [7, 11) is 1.68. The Hall–Kier alpha value is -1.20. The van der Waals surface area contributed by atoms with Gasteiger partial charge < -0.3 is 4.74 Å². The fraction of sp³-hybridized carbons (Fsp3) is 0.200. The van der Waals surface area contributed by atoms with Crippen LogP contribution in [0.3, 0.4) is 0 Å². The van der Waals surface area contributed by atoms with Crippen LogP contribution < -0.4 is 0 Å². The van der Waals surface area contributed by atoms with Gasteiger partial charge in [0.2, 0.25) is 0 Å². The number of aromatic nitrogens is 3. The maximum atomic E-state index is 5.11. The maximum Gasteiger partial charge on any atom is 0.123 e. The fourth-order valence-electron chi connectivity index (χ4n) is 1.32. The van der Waals surface area contributed by atoms with E-state index in [2.05, 4.69) is 26.1 Å². The molecule has 0 aliphatic carbocycles. The number of nitrogens with zero attached hydrogens (tertiary/aromatic N) is 3. The molecule has 1 heterocycles. The van der Waals surface area contributed by atoms with Gasteiger partial charge in [-0.15, -0.1) is 10.2 Å². The van der Waals surface area contributed by atoms with E-state index in [9.17, 15) is 0 Å². The minimum absolute atomic E-state index is 0.580. The lowest BCUT2D eigenvalue weighted by molar-refractivity contribution is 0.184. The van der Waals surface area contributed by atoms with Crippen LogP contribution in [0.2, 0.25) is 0 Å². The minimum Gasteiger partial charge on any atom is -0.380 e. The molecule has 5 heteroatoms. The normalized spacial score (nSPS) is 10.5. The van der Waals surface area contributed by atoms with E-state index in [0.29, 0.717) is 6.61 Å². The SMILES string of the molecule is COCc1cc(-n2cnnc2)ccc1Br. The monoisotopic (exact) mass is 267 g/mol. The van der Waals surface area contributed by atoms with E-state index < -0.39 is 0 Å². The number of hydrogen-bond acceptors (Lipinski definition) is 3. The Balaban J connectivity index is 2.38. The van der Waals surface area contributed by atoms with Crippen molar-refractivity contribution < 1.29 is 4.74 Å². The zero-order chi connectivity index (χ0) is 10.7. The van der Waals surface area contributed by atoms with Crippen LogP contribution in [-0.4, -0.2) is 21.9 Å². The number of benzene rings is 1. The lowest BCUT2D eigenvalue weighted by atomic mass is 10.2. The quantitative estimate of drug-likeness (QED) is 0.856. The van der Waals surface area contributed by atoms with E-state index in [1.807, 2.05) is 22.8 Å². The molecule has 0 aliphatic heterocycles. The highest BCUT2D eigenvalue weighted by Crippen LogP contribution is 2.20. The maximum absolute atomic E-state index is 5.11. The summed E-state index contributed by atoms with van der Waals surface area (Å²) in [6.07, 6.45) is 3.33. The molecule has 1 aromatic heterocycles. The zero-order valence-electron chi connectivity index (χ0n) is 8.22. The van der Waals surface area contributed by atoms with Crippen LogP contribution in [0.25, 0.3) is 5.69 Å². The van der Waals surface area contributed by atoms with Crippen molar-refractivity contribution in [3.63, 3.8) is 0 Å². The van der Waals surface area contributed by atoms with E-state index in [0.717, 1.165) is 15.7 Å². The van der Waals surface area contributed by atoms with Crippen LogP contribution >= 0.6 is 15.9 Å². The molecule has 0 N–H and O–H groups in total. The predicted molar refractivity (Wildman–Crippen MR) is 59.8 cm³/mol. The fourth-order valence-corrected chi connectivity index (χ4v) is 1.68. The highest BCUT2D eigenvalue weighted by atomic mass is 79.9. The second-order valence-electron chi connectivity index (χ2n) is 3.08. The lowest BCUT2D eigenvalue weighted by Gasteiger charge is -2.06. The Morgan fingerprint density at radius 3 is 2.73 bits per heavy atom. The van der Waals surface area contributed by atoms with Gasteiger partial charge in [0, 0.05) is 17.3 Å². The third kappa shape index (κ3) is 2.24. The average molecular weight is 268 g/mol. The average Bonchev–Trinajstić information content (AvgIpc) is 2.75. The smallest absolute Gasteiger partial charge is 0.123 e. The van der Waals surface area contributed by atoms with Crippen molar-refractivity contribution in [2.45, 2.75) is 6.61 Å². The predicted octanol–water partition coefficient (Wildman–Crippen LogP) is 2.18. The molecule has 0 unspecified atom stereocenters. The third-order valence-electron chi connectivity index (χ3n) is 2.05. The number of ether oxygens (including phenoxy) is 1. The summed E-state index contributed by atoms with van der Waals surface area (Å²) >= 11 is 3.47. The van der Waals surface area contributed by atoms with Crippen LogP contribution in [0.5, 0.6) is 0 Å². The highest BCUT2D eigenvalue weighted by molar-refractivity contribution is 9.10. The number of methoxy groups -OCH3 is 1. The molecule has 78 valence electrons. The number of rotatable bonds is 3. The first-order chi connectivity index (χ1) is 7.31. The van der Waals surface area contributed by atoms with Gasteiger partial charge >= 0.3 is 0 Å². The van der Waals surface area contributed by atoms with Crippen molar-refractivity contribution in [3.8, 4) is 5.69 Å². The van der Waals surface area contributed by atoms with Gasteiger partial charge in [0.25, 0.3) is 0 Å². The molecular formula is C10H10BrN3O. The first-order valence-electron chi connectivity index (χ1n) is 4.43. The summed E-state index contributed by atoms with van der Waals surface area (Å²) in [5.41, 5.74) is 2.12. The molecule has 0 atom stereocenters. The zero-order valence-corrected chi connectivity index (χ0v) is 9.81. The molecule has 4 nitrogen and oxygen atoms in total. The Morgan fingerprint density at radius 1 is 1.33 bits per heavy atom. The van der Waals surface area contributed by atoms with E-state index in [1.165, 1.54) is 0 Å². The second-order valence-corrected chi connectivity index (χ2v) is 3.93. The highest BCUT2D eigenvalue weighted by Gasteiger charge is 2.02. The molecule has 2 aromatic rings. The first kappa shape index (κ1) is 10.3. The molecule has 0 fully saturated rings. The molecule has 0 spiro atoms. The van der Waals surface area contributed by atoms with Crippen LogP contribution in [0.15, 0.2) is 35.3 Å². The van der Waals surface area contributed by atoms with Crippen LogP contribution in [-0.2, 0) is 11.3 Å². The number of halogens is 1. The third-order valence-corrected chi connectivity index (χ3v) is 2.82. The van der Waals surface area contributed by atoms with Crippen LogP contribution in [0.4, 0.5) is 0 Å².